The second kappa shape index (κ2) is 8.38. The van der Waals surface area contributed by atoms with E-state index in [4.69, 9.17) is 0 Å². The minimum Gasteiger partial charge on any atom is -0.356 e. The summed E-state index contributed by atoms with van der Waals surface area (Å²) in [5, 5.41) is 1.04. The largest absolute Gasteiger partial charge is 0.356 e. The molecule has 0 unspecified atom stereocenters. The normalized spacial score (nSPS) is 15.7. The van der Waals surface area contributed by atoms with Gasteiger partial charge in [-0.15, -0.1) is 0 Å². The number of aryl methyl sites for hydroxylation is 1. The Morgan fingerprint density at radius 1 is 1.14 bits per heavy atom. The highest BCUT2D eigenvalue weighted by Crippen LogP contribution is 2.31. The molecule has 29 heavy (non-hydrogen) atoms. The van der Waals surface area contributed by atoms with Crippen LogP contribution in [-0.4, -0.2) is 38.0 Å². The van der Waals surface area contributed by atoms with Gasteiger partial charge in [-0.25, -0.2) is 23.1 Å². The van der Waals surface area contributed by atoms with Crippen molar-refractivity contribution in [3.63, 3.8) is 0 Å². The van der Waals surface area contributed by atoms with Crippen molar-refractivity contribution in [2.45, 2.75) is 24.7 Å². The van der Waals surface area contributed by atoms with E-state index in [9.17, 15) is 8.42 Å². The molecule has 1 fully saturated rings. The van der Waals surface area contributed by atoms with Crippen LogP contribution in [0.4, 0.5) is 5.82 Å². The highest BCUT2D eigenvalue weighted by Gasteiger charge is 2.24. The van der Waals surface area contributed by atoms with Gasteiger partial charge in [0.25, 0.3) is 0 Å². The van der Waals surface area contributed by atoms with Gasteiger partial charge in [0.15, 0.2) is 0 Å². The number of piperidine rings is 1. The second-order valence-electron chi connectivity index (χ2n) is 7.41. The maximum absolute atomic E-state index is 12.4. The molecule has 1 aromatic heterocycles. The number of rotatable bonds is 5. The molecule has 0 bridgehead atoms. The fourth-order valence-electron chi connectivity index (χ4n) is 3.80. The Hall–Kier alpha value is -2.03. The van der Waals surface area contributed by atoms with Gasteiger partial charge in [-0.2, -0.15) is 0 Å². The van der Waals surface area contributed by atoms with Gasteiger partial charge in [0.2, 0.25) is 10.0 Å². The summed E-state index contributed by atoms with van der Waals surface area (Å²) in [6, 6.07) is 12.6. The topological polar surface area (TPSA) is 75.2 Å². The maximum atomic E-state index is 12.4. The van der Waals surface area contributed by atoms with E-state index in [-0.39, 0.29) is 0 Å². The first-order valence-corrected chi connectivity index (χ1v) is 11.9. The van der Waals surface area contributed by atoms with Crippen LogP contribution in [0, 0.1) is 12.8 Å². The first-order chi connectivity index (χ1) is 13.9. The highest BCUT2D eigenvalue weighted by molar-refractivity contribution is 9.10. The molecule has 0 saturated carbocycles. The van der Waals surface area contributed by atoms with E-state index in [1.165, 1.54) is 0 Å². The van der Waals surface area contributed by atoms with Crippen molar-refractivity contribution >= 4 is 42.7 Å². The summed E-state index contributed by atoms with van der Waals surface area (Å²) in [5.74, 6) is 1.26. The van der Waals surface area contributed by atoms with E-state index in [2.05, 4.69) is 54.6 Å². The lowest BCUT2D eigenvalue weighted by atomic mass is 9.97. The molecule has 152 valence electrons. The van der Waals surface area contributed by atoms with E-state index in [1.54, 1.807) is 30.6 Å². The van der Waals surface area contributed by atoms with Crippen molar-refractivity contribution in [2.75, 3.05) is 24.5 Å². The summed E-state index contributed by atoms with van der Waals surface area (Å²) in [6.07, 6.45) is 3.45. The van der Waals surface area contributed by atoms with Gasteiger partial charge in [0, 0.05) is 29.5 Å². The number of hydrogen-bond donors (Lipinski definition) is 1. The van der Waals surface area contributed by atoms with Gasteiger partial charge in [0.1, 0.15) is 12.1 Å². The predicted octanol–water partition coefficient (Wildman–Crippen LogP) is 3.90. The molecule has 6 nitrogen and oxygen atoms in total. The van der Waals surface area contributed by atoms with Gasteiger partial charge < -0.3 is 4.90 Å². The van der Waals surface area contributed by atoms with Crippen LogP contribution in [0.1, 0.15) is 18.4 Å². The third-order valence-electron chi connectivity index (χ3n) is 5.40. The Morgan fingerprint density at radius 3 is 2.59 bits per heavy atom. The van der Waals surface area contributed by atoms with Crippen molar-refractivity contribution in [3.05, 3.63) is 58.8 Å². The number of fused-ring (bicyclic) bond motifs is 1. The van der Waals surface area contributed by atoms with E-state index in [1.807, 2.05) is 6.07 Å². The molecule has 0 radical (unpaired) electrons. The standard InChI is InChI=1S/C21H23BrN4O2S/c1-15-11-17(22)12-19-20(15)23-14-24-21(19)26-9-7-16(8-10-26)13-25-29(27,28)18-5-3-2-4-6-18/h2-6,11-12,14,16,25H,7-10,13H2,1H3. The average molecular weight is 475 g/mol. The number of hydrogen-bond acceptors (Lipinski definition) is 5. The Morgan fingerprint density at radius 2 is 1.86 bits per heavy atom. The summed E-state index contributed by atoms with van der Waals surface area (Å²) in [7, 11) is -3.45. The SMILES string of the molecule is Cc1cc(Br)cc2c(N3CCC(CNS(=O)(=O)c4ccccc4)CC3)ncnc12. The molecule has 8 heteroatoms. The van der Waals surface area contributed by atoms with E-state index < -0.39 is 10.0 Å². The molecular weight excluding hydrogens is 452 g/mol. The van der Waals surface area contributed by atoms with Crippen LogP contribution in [0.3, 0.4) is 0 Å². The summed E-state index contributed by atoms with van der Waals surface area (Å²) < 4.78 is 28.6. The first-order valence-electron chi connectivity index (χ1n) is 9.64. The summed E-state index contributed by atoms with van der Waals surface area (Å²) in [4.78, 5) is 11.6. The zero-order valence-corrected chi connectivity index (χ0v) is 18.6. The molecule has 4 rings (SSSR count). The molecule has 0 atom stereocenters. The van der Waals surface area contributed by atoms with Crippen LogP contribution in [0.25, 0.3) is 10.9 Å². The molecule has 3 aromatic rings. The molecule has 1 N–H and O–H groups in total. The van der Waals surface area contributed by atoms with Crippen molar-refractivity contribution < 1.29 is 8.42 Å². The maximum Gasteiger partial charge on any atom is 0.240 e. The summed E-state index contributed by atoms with van der Waals surface area (Å²) in [5.41, 5.74) is 2.08. The van der Waals surface area contributed by atoms with Crippen molar-refractivity contribution in [2.24, 2.45) is 5.92 Å². The van der Waals surface area contributed by atoms with Crippen molar-refractivity contribution in [1.82, 2.24) is 14.7 Å². The Kier molecular flexibility index (Phi) is 5.85. The molecule has 0 amide bonds. The van der Waals surface area contributed by atoms with Crippen LogP contribution in [0.2, 0.25) is 0 Å². The lowest BCUT2D eigenvalue weighted by Crippen LogP contribution is -2.39. The predicted molar refractivity (Wildman–Crippen MR) is 119 cm³/mol. The Balaban J connectivity index is 1.42. The third kappa shape index (κ3) is 4.44. The van der Waals surface area contributed by atoms with Crippen LogP contribution in [0.15, 0.2) is 58.2 Å². The molecule has 0 aliphatic carbocycles. The minimum absolute atomic E-state index is 0.311. The zero-order chi connectivity index (χ0) is 20.4. The van der Waals surface area contributed by atoms with Crippen molar-refractivity contribution in [1.29, 1.82) is 0 Å². The van der Waals surface area contributed by atoms with Crippen LogP contribution >= 0.6 is 15.9 Å². The molecule has 0 spiro atoms. The fourth-order valence-corrected chi connectivity index (χ4v) is 5.51. The first kappa shape index (κ1) is 20.3. The molecule has 1 saturated heterocycles. The zero-order valence-electron chi connectivity index (χ0n) is 16.2. The molecule has 2 heterocycles. The number of nitrogens with zero attached hydrogens (tertiary/aromatic N) is 3. The average Bonchev–Trinajstić information content (AvgIpc) is 2.73. The van der Waals surface area contributed by atoms with E-state index in [0.29, 0.717) is 17.4 Å². The third-order valence-corrected chi connectivity index (χ3v) is 7.30. The number of benzene rings is 2. The van der Waals surface area contributed by atoms with Gasteiger partial charge >= 0.3 is 0 Å². The molecular formula is C21H23BrN4O2S. The second-order valence-corrected chi connectivity index (χ2v) is 10.1. The molecule has 1 aliphatic rings. The number of halogens is 1. The van der Waals surface area contributed by atoms with E-state index in [0.717, 1.165) is 52.7 Å². The van der Waals surface area contributed by atoms with Gasteiger partial charge in [0.05, 0.1) is 10.4 Å². The summed E-state index contributed by atoms with van der Waals surface area (Å²) in [6.45, 7) is 4.19. The summed E-state index contributed by atoms with van der Waals surface area (Å²) >= 11 is 3.57. The number of anilines is 1. The van der Waals surface area contributed by atoms with Gasteiger partial charge in [-0.1, -0.05) is 34.1 Å². The van der Waals surface area contributed by atoms with Crippen LogP contribution in [0.5, 0.6) is 0 Å². The van der Waals surface area contributed by atoms with E-state index >= 15 is 0 Å². The lowest BCUT2D eigenvalue weighted by Gasteiger charge is -2.33. The monoisotopic (exact) mass is 474 g/mol. The van der Waals surface area contributed by atoms with Gasteiger partial charge in [-0.05, 0) is 55.5 Å². The lowest BCUT2D eigenvalue weighted by molar-refractivity contribution is 0.401. The number of aromatic nitrogens is 2. The molecule has 2 aromatic carbocycles. The van der Waals surface area contributed by atoms with Crippen LogP contribution in [-0.2, 0) is 10.0 Å². The molecule has 1 aliphatic heterocycles. The number of nitrogens with one attached hydrogen (secondary N) is 1. The minimum atomic E-state index is -3.45. The van der Waals surface area contributed by atoms with Gasteiger partial charge in [-0.3, -0.25) is 0 Å². The Bertz CT molecular complexity index is 1110. The van der Waals surface area contributed by atoms with Crippen molar-refractivity contribution in [3.8, 4) is 0 Å². The fraction of sp³-hybridized carbons (Fsp3) is 0.333. The highest BCUT2D eigenvalue weighted by atomic mass is 79.9. The number of sulfonamides is 1. The quantitative estimate of drug-likeness (QED) is 0.606. The Labute approximate surface area is 179 Å². The van der Waals surface area contributed by atoms with Crippen LogP contribution < -0.4 is 9.62 Å². The smallest absolute Gasteiger partial charge is 0.240 e.